The zero-order valence-electron chi connectivity index (χ0n) is 9.69. The third-order valence-electron chi connectivity index (χ3n) is 2.64. The molecule has 88 valence electrons. The van der Waals surface area contributed by atoms with Crippen LogP contribution >= 0.6 is 0 Å². The lowest BCUT2D eigenvalue weighted by molar-refractivity contribution is 0.0697. The van der Waals surface area contributed by atoms with Crippen molar-refractivity contribution in [1.82, 2.24) is 0 Å². The third kappa shape index (κ3) is 2.97. The van der Waals surface area contributed by atoms with E-state index in [1.54, 1.807) is 19.1 Å². The number of carbonyl (C=O) groups is 1. The highest BCUT2D eigenvalue weighted by Gasteiger charge is 2.23. The lowest BCUT2D eigenvalue weighted by Crippen LogP contribution is -2.41. The number of benzene rings is 1. The van der Waals surface area contributed by atoms with Gasteiger partial charge in [-0.1, -0.05) is 0 Å². The number of hydrogen-bond acceptors (Lipinski definition) is 3. The molecule has 3 N–H and O–H groups in total. The average Bonchev–Trinajstić information content (AvgIpc) is 2.17. The van der Waals surface area contributed by atoms with Gasteiger partial charge in [0.25, 0.3) is 0 Å². The van der Waals surface area contributed by atoms with E-state index in [4.69, 9.17) is 5.11 Å². The molecule has 16 heavy (non-hydrogen) atoms. The fraction of sp³-hybridized carbons (Fsp3) is 0.417. The highest BCUT2D eigenvalue weighted by Crippen LogP contribution is 2.18. The highest BCUT2D eigenvalue weighted by molar-refractivity contribution is 5.88. The second kappa shape index (κ2) is 4.53. The van der Waals surface area contributed by atoms with E-state index in [2.05, 4.69) is 5.32 Å². The largest absolute Gasteiger partial charge is 0.478 e. The number of carboxylic acids is 1. The molecular weight excluding hydrogens is 206 g/mol. The van der Waals surface area contributed by atoms with Crippen LogP contribution in [0.4, 0.5) is 5.69 Å². The zero-order valence-corrected chi connectivity index (χ0v) is 9.69. The summed E-state index contributed by atoms with van der Waals surface area (Å²) >= 11 is 0. The minimum Gasteiger partial charge on any atom is -0.478 e. The molecule has 1 unspecified atom stereocenters. The summed E-state index contributed by atoms with van der Waals surface area (Å²) in [5.41, 5.74) is 0.585. The summed E-state index contributed by atoms with van der Waals surface area (Å²) in [5, 5.41) is 21.4. The summed E-state index contributed by atoms with van der Waals surface area (Å²) in [6, 6.07) is 6.44. The Hall–Kier alpha value is -1.55. The maximum Gasteiger partial charge on any atom is 0.335 e. The van der Waals surface area contributed by atoms with Crippen LogP contribution in [-0.2, 0) is 0 Å². The van der Waals surface area contributed by atoms with Gasteiger partial charge in [-0.25, -0.2) is 4.79 Å². The van der Waals surface area contributed by atoms with Crippen LogP contribution in [0, 0.1) is 0 Å². The molecule has 4 nitrogen and oxygen atoms in total. The topological polar surface area (TPSA) is 69.6 Å². The standard InChI is InChI=1S/C12H17NO3/c1-8(14)12(2,3)13-10-6-4-9(5-7-10)11(15)16/h4-8,13-14H,1-3H3,(H,15,16). The second-order valence-electron chi connectivity index (χ2n) is 4.41. The van der Waals surface area contributed by atoms with Gasteiger partial charge in [-0.05, 0) is 45.0 Å². The maximum absolute atomic E-state index is 10.6. The number of anilines is 1. The van der Waals surface area contributed by atoms with Crippen molar-refractivity contribution in [2.45, 2.75) is 32.4 Å². The summed E-state index contributed by atoms with van der Waals surface area (Å²) in [6.07, 6.45) is -0.508. The first kappa shape index (κ1) is 12.5. The van der Waals surface area contributed by atoms with Gasteiger partial charge in [0.2, 0.25) is 0 Å². The molecule has 0 spiro atoms. The predicted molar refractivity (Wildman–Crippen MR) is 62.8 cm³/mol. The molecule has 1 rings (SSSR count). The lowest BCUT2D eigenvalue weighted by atomic mass is 9.98. The zero-order chi connectivity index (χ0) is 12.3. The first-order chi connectivity index (χ1) is 7.33. The van der Waals surface area contributed by atoms with Crippen LogP contribution in [0.15, 0.2) is 24.3 Å². The number of nitrogens with one attached hydrogen (secondary N) is 1. The highest BCUT2D eigenvalue weighted by atomic mass is 16.4. The normalized spacial score (nSPS) is 13.2. The quantitative estimate of drug-likeness (QED) is 0.729. The number of carboxylic acid groups (broad SMARTS) is 1. The van der Waals surface area contributed by atoms with Gasteiger partial charge in [-0.3, -0.25) is 0 Å². The van der Waals surface area contributed by atoms with Gasteiger partial charge in [0.15, 0.2) is 0 Å². The van der Waals surface area contributed by atoms with Crippen molar-refractivity contribution in [3.05, 3.63) is 29.8 Å². The van der Waals surface area contributed by atoms with Gasteiger partial charge < -0.3 is 15.5 Å². The van der Waals surface area contributed by atoms with Gasteiger partial charge in [-0.15, -0.1) is 0 Å². The summed E-state index contributed by atoms with van der Waals surface area (Å²) in [5.74, 6) is -0.943. The summed E-state index contributed by atoms with van der Waals surface area (Å²) < 4.78 is 0. The van der Waals surface area contributed by atoms with Crippen molar-refractivity contribution >= 4 is 11.7 Å². The Labute approximate surface area is 94.9 Å². The Morgan fingerprint density at radius 2 is 1.81 bits per heavy atom. The Bertz CT molecular complexity index is 368. The molecule has 0 bridgehead atoms. The van der Waals surface area contributed by atoms with E-state index >= 15 is 0 Å². The molecule has 0 saturated carbocycles. The first-order valence-electron chi connectivity index (χ1n) is 5.12. The van der Waals surface area contributed by atoms with Crippen molar-refractivity contribution in [1.29, 1.82) is 0 Å². The molecule has 0 heterocycles. The van der Waals surface area contributed by atoms with Gasteiger partial charge in [0.05, 0.1) is 17.2 Å². The first-order valence-corrected chi connectivity index (χ1v) is 5.12. The molecule has 0 radical (unpaired) electrons. The number of rotatable bonds is 4. The molecule has 0 aliphatic carbocycles. The summed E-state index contributed by atoms with van der Waals surface area (Å²) in [7, 11) is 0. The summed E-state index contributed by atoms with van der Waals surface area (Å²) in [4.78, 5) is 10.6. The minimum absolute atomic E-state index is 0.250. The van der Waals surface area contributed by atoms with Crippen molar-refractivity contribution < 1.29 is 15.0 Å². The molecular formula is C12H17NO3. The number of aliphatic hydroxyl groups is 1. The van der Waals surface area contributed by atoms with Gasteiger partial charge in [0.1, 0.15) is 0 Å². The Kier molecular flexibility index (Phi) is 3.55. The second-order valence-corrected chi connectivity index (χ2v) is 4.41. The monoisotopic (exact) mass is 223 g/mol. The van der Waals surface area contributed by atoms with Crippen LogP contribution in [-0.4, -0.2) is 27.8 Å². The van der Waals surface area contributed by atoms with E-state index in [-0.39, 0.29) is 5.56 Å². The average molecular weight is 223 g/mol. The number of aliphatic hydroxyl groups excluding tert-OH is 1. The molecule has 0 aromatic heterocycles. The van der Waals surface area contributed by atoms with Crippen molar-refractivity contribution in [2.75, 3.05) is 5.32 Å². The van der Waals surface area contributed by atoms with E-state index in [1.165, 1.54) is 12.1 Å². The molecule has 0 aliphatic heterocycles. The van der Waals surface area contributed by atoms with E-state index in [0.717, 1.165) is 5.69 Å². The minimum atomic E-state index is -0.943. The van der Waals surface area contributed by atoms with E-state index < -0.39 is 17.6 Å². The molecule has 0 saturated heterocycles. The van der Waals surface area contributed by atoms with Gasteiger partial charge in [-0.2, -0.15) is 0 Å². The molecule has 0 amide bonds. The Balaban J connectivity index is 2.80. The molecule has 0 aliphatic rings. The molecule has 0 fully saturated rings. The van der Waals surface area contributed by atoms with Crippen LogP contribution in [0.25, 0.3) is 0 Å². The van der Waals surface area contributed by atoms with Crippen LogP contribution < -0.4 is 5.32 Å². The Morgan fingerprint density at radius 3 is 2.19 bits per heavy atom. The Morgan fingerprint density at radius 1 is 1.31 bits per heavy atom. The van der Waals surface area contributed by atoms with Crippen LogP contribution in [0.2, 0.25) is 0 Å². The van der Waals surface area contributed by atoms with E-state index in [9.17, 15) is 9.90 Å². The van der Waals surface area contributed by atoms with Gasteiger partial charge in [0, 0.05) is 5.69 Å². The smallest absolute Gasteiger partial charge is 0.335 e. The molecule has 1 aromatic carbocycles. The van der Waals surface area contributed by atoms with Crippen molar-refractivity contribution in [3.63, 3.8) is 0 Å². The number of aromatic carboxylic acids is 1. The van der Waals surface area contributed by atoms with Crippen LogP contribution in [0.1, 0.15) is 31.1 Å². The fourth-order valence-corrected chi connectivity index (χ4v) is 1.17. The molecule has 1 aromatic rings. The van der Waals surface area contributed by atoms with Crippen LogP contribution in [0.5, 0.6) is 0 Å². The number of hydrogen-bond donors (Lipinski definition) is 3. The van der Waals surface area contributed by atoms with Gasteiger partial charge >= 0.3 is 5.97 Å². The third-order valence-corrected chi connectivity index (χ3v) is 2.64. The predicted octanol–water partition coefficient (Wildman–Crippen LogP) is 1.96. The molecule has 4 heteroatoms. The maximum atomic E-state index is 10.6. The molecule has 1 atom stereocenters. The SMILES string of the molecule is CC(O)C(C)(C)Nc1ccc(C(=O)O)cc1. The van der Waals surface area contributed by atoms with E-state index in [1.807, 2.05) is 13.8 Å². The van der Waals surface area contributed by atoms with Crippen molar-refractivity contribution in [3.8, 4) is 0 Å². The summed E-state index contributed by atoms with van der Waals surface area (Å²) in [6.45, 7) is 5.46. The van der Waals surface area contributed by atoms with E-state index in [0.29, 0.717) is 0 Å². The van der Waals surface area contributed by atoms with Crippen LogP contribution in [0.3, 0.4) is 0 Å². The lowest BCUT2D eigenvalue weighted by Gasteiger charge is -2.30. The van der Waals surface area contributed by atoms with Crippen molar-refractivity contribution in [2.24, 2.45) is 0 Å². The fourth-order valence-electron chi connectivity index (χ4n) is 1.17.